The molecule has 0 N–H and O–H groups in total. The van der Waals surface area contributed by atoms with Crippen LogP contribution in [0.1, 0.15) is 0 Å². The molecule has 0 spiro atoms. The van der Waals surface area contributed by atoms with Gasteiger partial charge in [-0.3, -0.25) is 0 Å². The molecule has 0 aliphatic heterocycles. The van der Waals surface area contributed by atoms with Crippen LogP contribution in [0.3, 0.4) is 0 Å². The SMILES string of the molecule is Clc1ccc(-c2cc3ccccc3c3ccccc23)cc1-c1c2ccccc2c(-c2ccccc2)c2ccccc12. The van der Waals surface area contributed by atoms with Crippen LogP contribution >= 0.6 is 11.6 Å². The van der Waals surface area contributed by atoms with Crippen molar-refractivity contribution in [1.82, 2.24) is 0 Å². The fraction of sp³-hybridized carbons (Fsp3) is 0. The van der Waals surface area contributed by atoms with Crippen LogP contribution in [0.2, 0.25) is 5.02 Å². The third-order valence-corrected chi connectivity index (χ3v) is 8.64. The Morgan fingerprint density at radius 3 is 1.49 bits per heavy atom. The normalized spacial score (nSPS) is 11.5. The van der Waals surface area contributed by atoms with Crippen molar-refractivity contribution in [3.05, 3.63) is 157 Å². The molecule has 192 valence electrons. The molecule has 0 fully saturated rings. The maximum atomic E-state index is 7.09. The first-order chi connectivity index (χ1) is 20.3. The topological polar surface area (TPSA) is 0 Å². The molecule has 0 unspecified atom stereocenters. The summed E-state index contributed by atoms with van der Waals surface area (Å²) in [6, 6.07) is 54.3. The Labute approximate surface area is 244 Å². The first-order valence-electron chi connectivity index (χ1n) is 14.0. The highest BCUT2D eigenvalue weighted by Crippen LogP contribution is 2.46. The molecule has 8 rings (SSSR count). The maximum Gasteiger partial charge on any atom is 0.0485 e. The summed E-state index contributed by atoms with van der Waals surface area (Å²) in [6.45, 7) is 0. The Morgan fingerprint density at radius 2 is 0.829 bits per heavy atom. The number of hydrogen-bond donors (Lipinski definition) is 0. The Kier molecular flexibility index (Phi) is 5.62. The number of benzene rings is 8. The molecule has 0 aliphatic rings. The third-order valence-electron chi connectivity index (χ3n) is 8.31. The average Bonchev–Trinajstić information content (AvgIpc) is 3.04. The van der Waals surface area contributed by atoms with E-state index in [9.17, 15) is 0 Å². The second-order valence-corrected chi connectivity index (χ2v) is 11.0. The van der Waals surface area contributed by atoms with Crippen molar-refractivity contribution in [2.24, 2.45) is 0 Å². The molecule has 0 aromatic heterocycles. The van der Waals surface area contributed by atoms with E-state index < -0.39 is 0 Å². The van der Waals surface area contributed by atoms with Gasteiger partial charge in [0.05, 0.1) is 0 Å². The smallest absolute Gasteiger partial charge is 0.0485 e. The molecule has 0 nitrogen and oxygen atoms in total. The predicted octanol–water partition coefficient (Wildman–Crippen LogP) is 12.0. The van der Waals surface area contributed by atoms with Gasteiger partial charge < -0.3 is 0 Å². The lowest BCUT2D eigenvalue weighted by atomic mass is 9.85. The van der Waals surface area contributed by atoms with Crippen molar-refractivity contribution >= 4 is 54.7 Å². The van der Waals surface area contributed by atoms with Gasteiger partial charge in [0.1, 0.15) is 0 Å². The minimum absolute atomic E-state index is 0.751. The van der Waals surface area contributed by atoms with Crippen molar-refractivity contribution in [2.45, 2.75) is 0 Å². The summed E-state index contributed by atoms with van der Waals surface area (Å²) in [4.78, 5) is 0. The van der Waals surface area contributed by atoms with Crippen LogP contribution in [-0.2, 0) is 0 Å². The molecule has 8 aromatic rings. The molecule has 0 amide bonds. The number of rotatable bonds is 3. The lowest BCUT2D eigenvalue weighted by molar-refractivity contribution is 1.63. The molecule has 0 aliphatic carbocycles. The minimum atomic E-state index is 0.751. The van der Waals surface area contributed by atoms with Gasteiger partial charge >= 0.3 is 0 Å². The van der Waals surface area contributed by atoms with Gasteiger partial charge in [-0.1, -0.05) is 145 Å². The Hall–Kier alpha value is -4.91. The Bertz CT molecular complexity index is 2200. The van der Waals surface area contributed by atoms with E-state index in [1.54, 1.807) is 0 Å². The molecule has 8 aromatic carbocycles. The summed E-state index contributed by atoms with van der Waals surface area (Å²) in [5, 5.41) is 10.6. The standard InChI is InChI=1S/C40H25Cl/c41-38-23-22-28(36-24-27-14-4-5-15-29(27)30-16-6-7-17-31(30)36)25-37(38)40-34-20-10-8-18-32(34)39(26-12-2-1-3-13-26)33-19-9-11-21-35(33)40/h1-25H. The van der Waals surface area contributed by atoms with E-state index >= 15 is 0 Å². The van der Waals surface area contributed by atoms with Crippen LogP contribution in [0.15, 0.2) is 152 Å². The van der Waals surface area contributed by atoms with Gasteiger partial charge in [-0.15, -0.1) is 0 Å². The second kappa shape index (κ2) is 9.63. The van der Waals surface area contributed by atoms with Gasteiger partial charge in [0, 0.05) is 10.6 Å². The highest BCUT2D eigenvalue weighted by molar-refractivity contribution is 6.35. The molecular formula is C40H25Cl. The van der Waals surface area contributed by atoms with Crippen molar-refractivity contribution in [3.63, 3.8) is 0 Å². The van der Waals surface area contributed by atoms with Crippen LogP contribution in [0.5, 0.6) is 0 Å². The van der Waals surface area contributed by atoms with E-state index in [0.717, 1.165) is 16.1 Å². The van der Waals surface area contributed by atoms with E-state index in [1.807, 2.05) is 0 Å². The summed E-state index contributed by atoms with van der Waals surface area (Å²) in [5.74, 6) is 0. The zero-order chi connectivity index (χ0) is 27.3. The van der Waals surface area contributed by atoms with Gasteiger partial charge in [-0.25, -0.2) is 0 Å². The van der Waals surface area contributed by atoms with Crippen LogP contribution < -0.4 is 0 Å². The predicted molar refractivity (Wildman–Crippen MR) is 178 cm³/mol. The van der Waals surface area contributed by atoms with Crippen molar-refractivity contribution in [1.29, 1.82) is 0 Å². The zero-order valence-electron chi connectivity index (χ0n) is 22.3. The van der Waals surface area contributed by atoms with E-state index in [0.29, 0.717) is 0 Å². The van der Waals surface area contributed by atoms with Gasteiger partial charge in [0.2, 0.25) is 0 Å². The molecule has 1 heteroatoms. The first-order valence-corrected chi connectivity index (χ1v) is 14.4. The number of fused-ring (bicyclic) bond motifs is 5. The molecule has 0 saturated heterocycles. The highest BCUT2D eigenvalue weighted by atomic mass is 35.5. The third kappa shape index (κ3) is 3.84. The summed E-state index contributed by atoms with van der Waals surface area (Å²) in [7, 11) is 0. The summed E-state index contributed by atoms with van der Waals surface area (Å²) >= 11 is 7.09. The molecule has 0 atom stereocenters. The van der Waals surface area contributed by atoms with E-state index in [2.05, 4.69) is 152 Å². The summed E-state index contributed by atoms with van der Waals surface area (Å²) in [5.41, 5.74) is 7.07. The lowest BCUT2D eigenvalue weighted by Crippen LogP contribution is -1.92. The van der Waals surface area contributed by atoms with Crippen LogP contribution in [-0.4, -0.2) is 0 Å². The Morgan fingerprint density at radius 1 is 0.317 bits per heavy atom. The minimum Gasteiger partial charge on any atom is -0.0837 e. The molecular weight excluding hydrogens is 516 g/mol. The van der Waals surface area contributed by atoms with Crippen molar-refractivity contribution < 1.29 is 0 Å². The van der Waals surface area contributed by atoms with E-state index in [-0.39, 0.29) is 0 Å². The fourth-order valence-corrected chi connectivity index (χ4v) is 6.72. The summed E-state index contributed by atoms with van der Waals surface area (Å²) in [6.07, 6.45) is 0. The molecule has 0 heterocycles. The largest absolute Gasteiger partial charge is 0.0837 e. The molecule has 0 saturated carbocycles. The van der Waals surface area contributed by atoms with Gasteiger partial charge in [-0.2, -0.15) is 0 Å². The Balaban J connectivity index is 1.46. The number of hydrogen-bond acceptors (Lipinski definition) is 0. The molecule has 0 bridgehead atoms. The van der Waals surface area contributed by atoms with Crippen molar-refractivity contribution in [2.75, 3.05) is 0 Å². The van der Waals surface area contributed by atoms with Gasteiger partial charge in [-0.05, 0) is 89.1 Å². The zero-order valence-corrected chi connectivity index (χ0v) is 23.1. The lowest BCUT2D eigenvalue weighted by Gasteiger charge is -2.19. The van der Waals surface area contributed by atoms with E-state index in [1.165, 1.54) is 65.3 Å². The van der Waals surface area contributed by atoms with Crippen LogP contribution in [0.4, 0.5) is 0 Å². The maximum absolute atomic E-state index is 7.09. The average molecular weight is 541 g/mol. The van der Waals surface area contributed by atoms with E-state index in [4.69, 9.17) is 11.6 Å². The molecule has 41 heavy (non-hydrogen) atoms. The number of halogens is 1. The second-order valence-electron chi connectivity index (χ2n) is 10.6. The highest BCUT2D eigenvalue weighted by Gasteiger charge is 2.19. The molecule has 0 radical (unpaired) electrons. The quantitative estimate of drug-likeness (QED) is 0.154. The summed E-state index contributed by atoms with van der Waals surface area (Å²) < 4.78 is 0. The van der Waals surface area contributed by atoms with Gasteiger partial charge in [0.15, 0.2) is 0 Å². The van der Waals surface area contributed by atoms with Crippen molar-refractivity contribution in [3.8, 4) is 33.4 Å². The monoisotopic (exact) mass is 540 g/mol. The van der Waals surface area contributed by atoms with Gasteiger partial charge in [0.25, 0.3) is 0 Å². The van der Waals surface area contributed by atoms with Crippen LogP contribution in [0, 0.1) is 0 Å². The van der Waals surface area contributed by atoms with Crippen LogP contribution in [0.25, 0.3) is 76.5 Å². The fourth-order valence-electron chi connectivity index (χ4n) is 6.51. The first kappa shape index (κ1) is 23.9.